The Balaban J connectivity index is 1.57. The van der Waals surface area contributed by atoms with Crippen molar-refractivity contribution in [2.75, 3.05) is 20.3 Å². The average Bonchev–Trinajstić information content (AvgIpc) is 2.99. The summed E-state index contributed by atoms with van der Waals surface area (Å²) in [6, 6.07) is 14.1. The predicted molar refractivity (Wildman–Crippen MR) is 152 cm³/mol. The maximum Gasteiger partial charge on any atom is 0.416 e. The van der Waals surface area contributed by atoms with Crippen molar-refractivity contribution in [1.29, 1.82) is 0 Å². The molecule has 1 unspecified atom stereocenters. The van der Waals surface area contributed by atoms with Gasteiger partial charge >= 0.3 is 12.1 Å². The monoisotopic (exact) mass is 634 g/mol. The van der Waals surface area contributed by atoms with Crippen molar-refractivity contribution < 1.29 is 44.8 Å². The number of rotatable bonds is 14. The number of esters is 1. The van der Waals surface area contributed by atoms with Crippen molar-refractivity contribution >= 4 is 22.0 Å². The Labute approximate surface area is 251 Å². The molecule has 11 nitrogen and oxygen atoms in total. The zero-order valence-corrected chi connectivity index (χ0v) is 24.5. The Kier molecular flexibility index (Phi) is 11.7. The van der Waals surface area contributed by atoms with E-state index in [2.05, 4.69) is 15.3 Å². The molecule has 1 amide bonds. The fourth-order valence-corrected chi connectivity index (χ4v) is 4.83. The molecule has 0 aromatic heterocycles. The molecular weight excluding hydrogens is 605 g/mol. The summed E-state index contributed by atoms with van der Waals surface area (Å²) < 4.78 is 78.4. The fraction of sp³-hybridized carbons (Fsp3) is 0.310. The van der Waals surface area contributed by atoms with Gasteiger partial charge in [-0.3, -0.25) is 8.98 Å². The number of nitrogens with zero attached hydrogens (tertiary/aromatic N) is 3. The summed E-state index contributed by atoms with van der Waals surface area (Å²) in [5.41, 5.74) is 9.96. The summed E-state index contributed by atoms with van der Waals surface area (Å²) in [4.78, 5) is 28.0. The van der Waals surface area contributed by atoms with Gasteiger partial charge in [0.2, 0.25) is 5.91 Å². The van der Waals surface area contributed by atoms with E-state index < -0.39 is 45.8 Å². The number of nitrogens with one attached hydrogen (secondary N) is 1. The normalized spacial score (nSPS) is 12.8. The molecule has 0 fully saturated rings. The first-order valence-corrected chi connectivity index (χ1v) is 14.5. The van der Waals surface area contributed by atoms with Crippen molar-refractivity contribution in [3.05, 3.63) is 105 Å². The molecule has 0 bridgehead atoms. The van der Waals surface area contributed by atoms with Crippen molar-refractivity contribution in [2.24, 2.45) is 5.11 Å². The topological polar surface area (TPSA) is 157 Å². The van der Waals surface area contributed by atoms with Crippen molar-refractivity contribution in [3.63, 3.8) is 0 Å². The number of hydrogen-bond acceptors (Lipinski definition) is 8. The molecular formula is C29H29F3N4O7S. The van der Waals surface area contributed by atoms with Gasteiger partial charge in [-0.15, -0.1) is 0 Å². The molecule has 0 radical (unpaired) electrons. The summed E-state index contributed by atoms with van der Waals surface area (Å²) in [5.74, 6) is -1.25. The van der Waals surface area contributed by atoms with Crippen molar-refractivity contribution in [1.82, 2.24) is 5.32 Å². The summed E-state index contributed by atoms with van der Waals surface area (Å²) in [7, 11) is -2.84. The van der Waals surface area contributed by atoms with E-state index in [1.165, 1.54) is 24.3 Å². The molecule has 3 aromatic carbocycles. The maximum atomic E-state index is 13.0. The van der Waals surface area contributed by atoms with Gasteiger partial charge in [0.15, 0.2) is 0 Å². The Morgan fingerprint density at radius 1 is 0.932 bits per heavy atom. The second kappa shape index (κ2) is 15.2. The van der Waals surface area contributed by atoms with E-state index in [1.807, 2.05) is 6.92 Å². The average molecular weight is 635 g/mol. The number of benzene rings is 3. The second-order valence-corrected chi connectivity index (χ2v) is 11.1. The molecule has 0 spiro atoms. The van der Waals surface area contributed by atoms with E-state index in [4.69, 9.17) is 19.2 Å². The molecule has 234 valence electrons. The minimum absolute atomic E-state index is 0.0311. The highest BCUT2D eigenvalue weighted by molar-refractivity contribution is 7.86. The molecule has 0 heterocycles. The molecule has 0 aliphatic heterocycles. The van der Waals surface area contributed by atoms with E-state index in [9.17, 15) is 31.2 Å². The van der Waals surface area contributed by atoms with E-state index in [-0.39, 0.29) is 31.0 Å². The Morgan fingerprint density at radius 2 is 1.52 bits per heavy atom. The zero-order chi connectivity index (χ0) is 32.3. The number of methoxy groups -OCH3 is 1. The zero-order valence-electron chi connectivity index (χ0n) is 23.7. The molecule has 0 aliphatic carbocycles. The Bertz CT molecular complexity index is 1580. The highest BCUT2D eigenvalue weighted by Crippen LogP contribution is 2.29. The van der Waals surface area contributed by atoms with E-state index in [1.54, 1.807) is 36.4 Å². The Hall–Kier alpha value is -4.59. The Morgan fingerprint density at radius 3 is 2.09 bits per heavy atom. The van der Waals surface area contributed by atoms with Gasteiger partial charge in [0, 0.05) is 11.3 Å². The van der Waals surface area contributed by atoms with E-state index >= 15 is 0 Å². The van der Waals surface area contributed by atoms with Gasteiger partial charge in [0.1, 0.15) is 31.0 Å². The number of azide groups is 1. The first kappa shape index (κ1) is 33.9. The lowest BCUT2D eigenvalue weighted by atomic mass is 10.0. The fourth-order valence-electron chi connectivity index (χ4n) is 3.94. The van der Waals surface area contributed by atoms with Gasteiger partial charge in [-0.1, -0.05) is 47.1 Å². The molecule has 3 rings (SSSR count). The number of ether oxygens (including phenoxy) is 2. The lowest BCUT2D eigenvalue weighted by Crippen LogP contribution is -2.47. The van der Waals surface area contributed by atoms with Crippen LogP contribution in [0.5, 0.6) is 5.75 Å². The molecule has 0 saturated carbocycles. The molecule has 15 heteroatoms. The van der Waals surface area contributed by atoms with Crippen LogP contribution in [-0.2, 0) is 47.6 Å². The number of alkyl halides is 3. The highest BCUT2D eigenvalue weighted by atomic mass is 32.2. The summed E-state index contributed by atoms with van der Waals surface area (Å²) in [5, 5.41) is 5.98. The van der Waals surface area contributed by atoms with Crippen molar-refractivity contribution in [3.8, 4) is 5.75 Å². The molecule has 0 aliphatic rings. The van der Waals surface area contributed by atoms with E-state index in [0.29, 0.717) is 16.9 Å². The minimum Gasteiger partial charge on any atom is -0.491 e. The van der Waals surface area contributed by atoms with Gasteiger partial charge in [-0.2, -0.15) is 21.6 Å². The molecule has 44 heavy (non-hydrogen) atoms. The summed E-state index contributed by atoms with van der Waals surface area (Å²) in [6.45, 7) is 1.53. The van der Waals surface area contributed by atoms with Gasteiger partial charge in [-0.25, -0.2) is 4.79 Å². The van der Waals surface area contributed by atoms with Crippen LogP contribution in [0.2, 0.25) is 0 Å². The van der Waals surface area contributed by atoms with Gasteiger partial charge in [0.05, 0.1) is 17.6 Å². The summed E-state index contributed by atoms with van der Waals surface area (Å²) >= 11 is 0. The van der Waals surface area contributed by atoms with Crippen molar-refractivity contribution in [2.45, 2.75) is 42.9 Å². The second-order valence-electron chi connectivity index (χ2n) is 9.49. The van der Waals surface area contributed by atoms with E-state index in [0.717, 1.165) is 24.8 Å². The first-order chi connectivity index (χ1) is 20.8. The third-order valence-electron chi connectivity index (χ3n) is 6.27. The van der Waals surface area contributed by atoms with Crippen LogP contribution in [0.25, 0.3) is 10.4 Å². The number of hydrogen-bond donors (Lipinski definition) is 1. The van der Waals surface area contributed by atoms with Gasteiger partial charge < -0.3 is 14.8 Å². The molecule has 1 N–H and O–H groups in total. The SMILES string of the molecule is COC(=O)[C@H](Cc1ccc(C(F)(F)F)cc1)NC(=O)C(Cc1ccc(OCCOS(=O)(=O)c2ccc(C)cc2)cc1)N=[N+]=[N-]. The van der Waals surface area contributed by atoms with Crippen LogP contribution < -0.4 is 10.1 Å². The number of carbonyl (C=O) groups is 2. The van der Waals surface area contributed by atoms with Crippen LogP contribution in [0.15, 0.2) is 82.8 Å². The number of carbonyl (C=O) groups excluding carboxylic acids is 2. The highest BCUT2D eigenvalue weighted by Gasteiger charge is 2.31. The predicted octanol–water partition coefficient (Wildman–Crippen LogP) is 4.92. The third-order valence-corrected chi connectivity index (χ3v) is 7.60. The quantitative estimate of drug-likeness (QED) is 0.0659. The van der Waals surface area contributed by atoms with Gasteiger partial charge in [-0.05, 0) is 66.4 Å². The summed E-state index contributed by atoms with van der Waals surface area (Å²) in [6.07, 6.45) is -4.75. The molecule has 0 saturated heterocycles. The first-order valence-electron chi connectivity index (χ1n) is 13.1. The van der Waals surface area contributed by atoms with Crippen LogP contribution in [0.1, 0.15) is 22.3 Å². The van der Waals surface area contributed by atoms with Crippen LogP contribution in [0.4, 0.5) is 13.2 Å². The van der Waals surface area contributed by atoms with Crippen LogP contribution >= 0.6 is 0 Å². The number of amides is 1. The smallest absolute Gasteiger partial charge is 0.416 e. The van der Waals surface area contributed by atoms with Crippen LogP contribution in [0.3, 0.4) is 0 Å². The lowest BCUT2D eigenvalue weighted by molar-refractivity contribution is -0.145. The van der Waals surface area contributed by atoms with Gasteiger partial charge in [0.25, 0.3) is 10.1 Å². The maximum absolute atomic E-state index is 13.0. The van der Waals surface area contributed by atoms with Crippen LogP contribution in [0, 0.1) is 6.92 Å². The molecule has 2 atom stereocenters. The minimum atomic E-state index is -4.53. The number of aryl methyl sites for hydroxylation is 1. The third kappa shape index (κ3) is 10.0. The largest absolute Gasteiger partial charge is 0.491 e. The molecule has 3 aromatic rings. The van der Waals surface area contributed by atoms with Crippen LogP contribution in [-0.4, -0.2) is 52.7 Å². The lowest BCUT2D eigenvalue weighted by Gasteiger charge is -2.19. The number of halogens is 3. The standard InChI is InChI=1S/C29H29F3N4O7S/c1-19-3-13-24(14-4-19)44(39,40)43-16-15-42-23-11-7-21(8-12-23)17-25(35-36-33)27(37)34-26(28(38)41-2)18-20-5-9-22(10-6-20)29(30,31)32/h3-14,25-26H,15-18H2,1-2H3,(H,34,37)/t25?,26-/m0/s1.